The van der Waals surface area contributed by atoms with Crippen molar-refractivity contribution >= 4 is 52.8 Å². The molecule has 0 spiro atoms. The lowest BCUT2D eigenvalue weighted by atomic mass is 9.94. The minimum atomic E-state index is -1.73. The van der Waals surface area contributed by atoms with E-state index in [1.54, 1.807) is 13.0 Å². The zero-order valence-electron chi connectivity index (χ0n) is 17.0. The molecule has 1 aliphatic rings. The summed E-state index contributed by atoms with van der Waals surface area (Å²) < 4.78 is 13.8. The molecule has 3 atom stereocenters. The van der Waals surface area contributed by atoms with Gasteiger partial charge in [-0.1, -0.05) is 61.7 Å². The highest BCUT2D eigenvalue weighted by Gasteiger charge is 2.39. The summed E-state index contributed by atoms with van der Waals surface area (Å²) in [7, 11) is 0. The minimum absolute atomic E-state index is 0.00744. The molecule has 0 radical (unpaired) electrons. The van der Waals surface area contributed by atoms with Crippen LogP contribution in [0.1, 0.15) is 40.5 Å². The molecule has 1 saturated heterocycles. The average molecular weight is 473 g/mol. The van der Waals surface area contributed by atoms with E-state index in [0.29, 0.717) is 19.4 Å². The quantitative estimate of drug-likeness (QED) is 0.227. The largest absolute Gasteiger partial charge is 0.463 e. The number of carbonyl (C=O) groups excluding carboxylic acids is 3. The van der Waals surface area contributed by atoms with Gasteiger partial charge in [-0.05, 0) is 25.7 Å². The van der Waals surface area contributed by atoms with Crippen molar-refractivity contribution in [2.45, 2.75) is 56.5 Å². The molecule has 7 nitrogen and oxygen atoms in total. The van der Waals surface area contributed by atoms with Crippen molar-refractivity contribution in [1.29, 1.82) is 0 Å². The number of carbonyl (C=O) groups is 3. The molecule has 0 aliphatic carbocycles. The van der Waals surface area contributed by atoms with Gasteiger partial charge in [0, 0.05) is 18.5 Å². The van der Waals surface area contributed by atoms with E-state index < -0.39 is 40.6 Å². The Kier molecular flexibility index (Phi) is 10.6. The van der Waals surface area contributed by atoms with Crippen LogP contribution in [0.15, 0.2) is 12.2 Å². The van der Waals surface area contributed by atoms with Crippen molar-refractivity contribution in [1.82, 2.24) is 4.90 Å². The van der Waals surface area contributed by atoms with Crippen LogP contribution >= 0.6 is 34.8 Å². The lowest BCUT2D eigenvalue weighted by Crippen LogP contribution is -2.44. The van der Waals surface area contributed by atoms with Crippen LogP contribution in [0, 0.1) is 11.8 Å². The SMILES string of the molecule is CCOC(=O)/C=C/[C@@H](C)[C@H](OC(=O)[C@H]1CCCN1C(=O)OCC(Cl)(Cl)Cl)C(C)C. The lowest BCUT2D eigenvalue weighted by Gasteiger charge is -2.29. The van der Waals surface area contributed by atoms with Gasteiger partial charge in [0.05, 0.1) is 6.61 Å². The van der Waals surface area contributed by atoms with E-state index in [1.807, 2.05) is 20.8 Å². The molecular formula is C19H28Cl3NO6. The van der Waals surface area contributed by atoms with E-state index in [4.69, 9.17) is 49.0 Å². The van der Waals surface area contributed by atoms with Crippen LogP contribution < -0.4 is 0 Å². The number of esters is 2. The van der Waals surface area contributed by atoms with Crippen molar-refractivity contribution in [3.05, 3.63) is 12.2 Å². The summed E-state index contributed by atoms with van der Waals surface area (Å²) in [5.74, 6) is -1.21. The topological polar surface area (TPSA) is 82.1 Å². The summed E-state index contributed by atoms with van der Waals surface area (Å²) in [5.41, 5.74) is 0. The fourth-order valence-corrected chi connectivity index (χ4v) is 3.21. The number of alkyl halides is 3. The predicted octanol–water partition coefficient (Wildman–Crippen LogP) is 4.28. The number of halogens is 3. The van der Waals surface area contributed by atoms with E-state index >= 15 is 0 Å². The van der Waals surface area contributed by atoms with Crippen LogP contribution in [0.2, 0.25) is 0 Å². The van der Waals surface area contributed by atoms with Gasteiger partial charge >= 0.3 is 18.0 Å². The van der Waals surface area contributed by atoms with Crippen LogP contribution in [-0.4, -0.2) is 58.6 Å². The van der Waals surface area contributed by atoms with Crippen LogP contribution in [0.4, 0.5) is 4.79 Å². The van der Waals surface area contributed by atoms with Gasteiger partial charge in [-0.15, -0.1) is 0 Å². The molecule has 1 heterocycles. The highest BCUT2D eigenvalue weighted by Crippen LogP contribution is 2.28. The number of rotatable bonds is 8. The number of amides is 1. The van der Waals surface area contributed by atoms with E-state index in [1.165, 1.54) is 11.0 Å². The first kappa shape index (κ1) is 25.9. The summed E-state index contributed by atoms with van der Waals surface area (Å²) in [5, 5.41) is 0. The Balaban J connectivity index is 2.75. The maximum absolute atomic E-state index is 12.8. The van der Waals surface area contributed by atoms with E-state index in [2.05, 4.69) is 0 Å². The Morgan fingerprint density at radius 2 is 1.83 bits per heavy atom. The average Bonchev–Trinajstić information content (AvgIpc) is 3.11. The van der Waals surface area contributed by atoms with Gasteiger partial charge in [-0.3, -0.25) is 4.90 Å². The first-order valence-electron chi connectivity index (χ1n) is 9.51. The molecule has 0 aromatic carbocycles. The van der Waals surface area contributed by atoms with Crippen LogP contribution in [0.5, 0.6) is 0 Å². The van der Waals surface area contributed by atoms with E-state index in [0.717, 1.165) is 0 Å². The number of ether oxygens (including phenoxy) is 3. The second-order valence-electron chi connectivity index (χ2n) is 7.14. The number of hydrogen-bond acceptors (Lipinski definition) is 6. The van der Waals surface area contributed by atoms with Gasteiger partial charge in [0.1, 0.15) is 18.8 Å². The Morgan fingerprint density at radius 3 is 2.38 bits per heavy atom. The molecule has 0 unspecified atom stereocenters. The monoisotopic (exact) mass is 471 g/mol. The smallest absolute Gasteiger partial charge is 0.410 e. The molecular weight excluding hydrogens is 445 g/mol. The van der Waals surface area contributed by atoms with E-state index in [-0.39, 0.29) is 18.4 Å². The summed E-state index contributed by atoms with van der Waals surface area (Å²) >= 11 is 16.8. The Labute approximate surface area is 186 Å². The molecule has 0 N–H and O–H groups in total. The Bertz CT molecular complexity index is 605. The van der Waals surface area contributed by atoms with Gasteiger partial charge in [0.15, 0.2) is 0 Å². The zero-order chi connectivity index (χ0) is 22.2. The second-order valence-corrected chi connectivity index (χ2v) is 9.65. The summed E-state index contributed by atoms with van der Waals surface area (Å²) in [6.07, 6.45) is 2.86. The number of hydrogen-bond donors (Lipinski definition) is 0. The van der Waals surface area contributed by atoms with Crippen molar-refractivity contribution in [2.75, 3.05) is 19.8 Å². The molecule has 1 fully saturated rings. The molecule has 0 saturated carbocycles. The maximum atomic E-state index is 12.8. The first-order valence-corrected chi connectivity index (χ1v) is 10.6. The molecule has 0 bridgehead atoms. The molecule has 0 aromatic heterocycles. The normalized spacial score (nSPS) is 19.3. The van der Waals surface area contributed by atoms with Gasteiger partial charge in [0.2, 0.25) is 3.79 Å². The molecule has 0 aromatic rings. The van der Waals surface area contributed by atoms with Crippen LogP contribution in [0.25, 0.3) is 0 Å². The minimum Gasteiger partial charge on any atom is -0.463 e. The van der Waals surface area contributed by atoms with Gasteiger partial charge in [0.25, 0.3) is 0 Å². The van der Waals surface area contributed by atoms with E-state index in [9.17, 15) is 14.4 Å². The van der Waals surface area contributed by atoms with Crippen molar-refractivity contribution in [3.8, 4) is 0 Å². The second kappa shape index (κ2) is 11.9. The van der Waals surface area contributed by atoms with Crippen molar-refractivity contribution < 1.29 is 28.6 Å². The molecule has 1 amide bonds. The first-order chi connectivity index (χ1) is 13.5. The third-order valence-electron chi connectivity index (χ3n) is 4.37. The highest BCUT2D eigenvalue weighted by molar-refractivity contribution is 6.67. The Hall–Kier alpha value is -1.18. The fourth-order valence-electron chi connectivity index (χ4n) is 3.05. The standard InChI is InChI=1S/C19H28Cl3NO6/c1-5-27-15(24)9-8-13(4)16(12(2)3)29-17(25)14-7-6-10-23(14)18(26)28-11-19(20,21)22/h8-9,12-14,16H,5-7,10-11H2,1-4H3/b9-8+/t13-,14-,16-/m1/s1. The predicted molar refractivity (Wildman–Crippen MR) is 111 cm³/mol. The summed E-state index contributed by atoms with van der Waals surface area (Å²) in [4.78, 5) is 37.8. The molecule has 166 valence electrons. The number of likely N-dealkylation sites (tertiary alicyclic amines) is 1. The molecule has 29 heavy (non-hydrogen) atoms. The third-order valence-corrected chi connectivity index (χ3v) is 4.70. The van der Waals surface area contributed by atoms with Gasteiger partial charge in [-0.25, -0.2) is 14.4 Å². The fraction of sp³-hybridized carbons (Fsp3) is 0.737. The molecule has 10 heteroatoms. The highest BCUT2D eigenvalue weighted by atomic mass is 35.6. The Morgan fingerprint density at radius 1 is 1.17 bits per heavy atom. The molecule has 1 aliphatic heterocycles. The summed E-state index contributed by atoms with van der Waals surface area (Å²) in [6, 6.07) is -0.764. The van der Waals surface area contributed by atoms with Crippen molar-refractivity contribution in [3.63, 3.8) is 0 Å². The van der Waals surface area contributed by atoms with Crippen LogP contribution in [0.3, 0.4) is 0 Å². The van der Waals surface area contributed by atoms with Crippen LogP contribution in [-0.2, 0) is 23.8 Å². The zero-order valence-corrected chi connectivity index (χ0v) is 19.3. The lowest BCUT2D eigenvalue weighted by molar-refractivity contribution is -0.158. The van der Waals surface area contributed by atoms with Crippen molar-refractivity contribution in [2.24, 2.45) is 11.8 Å². The summed E-state index contributed by atoms with van der Waals surface area (Å²) in [6.45, 7) is 7.60. The van der Waals surface area contributed by atoms with Gasteiger partial charge < -0.3 is 14.2 Å². The molecule has 1 rings (SSSR count). The number of nitrogens with zero attached hydrogens (tertiary/aromatic N) is 1. The third kappa shape index (κ3) is 9.01. The van der Waals surface area contributed by atoms with Gasteiger partial charge in [-0.2, -0.15) is 0 Å². The maximum Gasteiger partial charge on any atom is 0.410 e.